The Labute approximate surface area is 84.7 Å². The molecule has 0 amide bonds. The van der Waals surface area contributed by atoms with Gasteiger partial charge < -0.3 is 4.98 Å². The Morgan fingerprint density at radius 1 is 1.57 bits per heavy atom. The number of aromatic nitrogens is 3. The molecule has 14 heavy (non-hydrogen) atoms. The van der Waals surface area contributed by atoms with E-state index in [1.165, 1.54) is 12.3 Å². The fraction of sp³-hybridized carbons (Fsp3) is 0.222. The molecule has 4 nitrogen and oxygen atoms in total. The Balaban J connectivity index is 2.23. The molecule has 0 radical (unpaired) electrons. The molecule has 0 aliphatic carbocycles. The van der Waals surface area contributed by atoms with Crippen molar-refractivity contribution >= 4 is 11.3 Å². The Morgan fingerprint density at radius 3 is 3.07 bits per heavy atom. The summed E-state index contributed by atoms with van der Waals surface area (Å²) in [7, 11) is 0. The molecule has 0 spiro atoms. The van der Waals surface area contributed by atoms with Gasteiger partial charge in [0.2, 0.25) is 0 Å². The third kappa shape index (κ3) is 2.05. The fourth-order valence-corrected chi connectivity index (χ4v) is 1.90. The molecule has 1 N–H and O–H groups in total. The number of nitrogens with zero attached hydrogens (tertiary/aromatic N) is 2. The van der Waals surface area contributed by atoms with Gasteiger partial charge in [-0.3, -0.25) is 4.79 Å². The number of H-pyrrole nitrogens is 1. The third-order valence-corrected chi connectivity index (χ3v) is 2.68. The minimum atomic E-state index is -0.122. The molecule has 5 heteroatoms. The molecule has 2 aromatic heterocycles. The van der Waals surface area contributed by atoms with Crippen LogP contribution in [-0.4, -0.2) is 15.0 Å². The van der Waals surface area contributed by atoms with E-state index in [4.69, 9.17) is 0 Å². The molecule has 0 aromatic carbocycles. The van der Waals surface area contributed by atoms with Crippen LogP contribution in [0.3, 0.4) is 0 Å². The maximum Gasteiger partial charge on any atom is 0.250 e. The topological polar surface area (TPSA) is 58.6 Å². The number of hydrogen-bond donors (Lipinski definition) is 1. The lowest BCUT2D eigenvalue weighted by Gasteiger charge is -1.94. The van der Waals surface area contributed by atoms with E-state index in [0.717, 1.165) is 10.7 Å². The van der Waals surface area contributed by atoms with Gasteiger partial charge in [-0.2, -0.15) is 0 Å². The van der Waals surface area contributed by atoms with Gasteiger partial charge in [-0.15, -0.1) is 11.3 Å². The summed E-state index contributed by atoms with van der Waals surface area (Å²) in [5.41, 5.74) is 0.881. The van der Waals surface area contributed by atoms with Crippen LogP contribution in [0, 0.1) is 6.92 Å². The maximum atomic E-state index is 11.0. The van der Waals surface area contributed by atoms with Gasteiger partial charge in [0.05, 0.1) is 6.42 Å². The van der Waals surface area contributed by atoms with Crippen molar-refractivity contribution in [2.45, 2.75) is 13.3 Å². The number of hydrogen-bond acceptors (Lipinski definition) is 4. The average molecular weight is 207 g/mol. The number of aryl methyl sites for hydroxylation is 1. The monoisotopic (exact) mass is 207 g/mol. The van der Waals surface area contributed by atoms with Crippen LogP contribution in [0.25, 0.3) is 0 Å². The zero-order valence-corrected chi connectivity index (χ0v) is 8.47. The lowest BCUT2D eigenvalue weighted by molar-refractivity contribution is 0.933. The zero-order chi connectivity index (χ0) is 9.97. The van der Waals surface area contributed by atoms with E-state index < -0.39 is 0 Å². The van der Waals surface area contributed by atoms with Crippen LogP contribution < -0.4 is 5.56 Å². The fourth-order valence-electron chi connectivity index (χ4n) is 1.13. The molecule has 0 aliphatic rings. The van der Waals surface area contributed by atoms with Crippen molar-refractivity contribution in [3.63, 3.8) is 0 Å². The smallest absolute Gasteiger partial charge is 0.250 e. The molecule has 2 aromatic rings. The van der Waals surface area contributed by atoms with Gasteiger partial charge >= 0.3 is 0 Å². The van der Waals surface area contributed by atoms with E-state index in [0.29, 0.717) is 12.2 Å². The maximum absolute atomic E-state index is 11.0. The third-order valence-electron chi connectivity index (χ3n) is 1.71. The minimum absolute atomic E-state index is 0.122. The van der Waals surface area contributed by atoms with Crippen molar-refractivity contribution in [1.82, 2.24) is 15.0 Å². The minimum Gasteiger partial charge on any atom is -0.310 e. The molecule has 72 valence electrons. The lowest BCUT2D eigenvalue weighted by Crippen LogP contribution is -2.09. The predicted octanol–water partition coefficient (Wildman–Crippen LogP) is 1.13. The van der Waals surface area contributed by atoms with Gasteiger partial charge in [0, 0.05) is 23.3 Å². The first kappa shape index (κ1) is 9.08. The van der Waals surface area contributed by atoms with Gasteiger partial charge in [-0.25, -0.2) is 9.97 Å². The largest absolute Gasteiger partial charge is 0.310 e. The highest BCUT2D eigenvalue weighted by Gasteiger charge is 2.01. The van der Waals surface area contributed by atoms with Gasteiger partial charge in [0.15, 0.2) is 0 Å². The molecule has 0 fully saturated rings. The Morgan fingerprint density at radius 2 is 2.43 bits per heavy atom. The molecule has 0 bridgehead atoms. The summed E-state index contributed by atoms with van der Waals surface area (Å²) in [6, 6.07) is 1.40. The molecule has 2 heterocycles. The van der Waals surface area contributed by atoms with Crippen LogP contribution in [0.15, 0.2) is 22.4 Å². The highest BCUT2D eigenvalue weighted by molar-refractivity contribution is 7.09. The first-order chi connectivity index (χ1) is 6.74. The summed E-state index contributed by atoms with van der Waals surface area (Å²) in [5, 5.41) is 2.95. The highest BCUT2D eigenvalue weighted by Crippen LogP contribution is 2.10. The first-order valence-electron chi connectivity index (χ1n) is 4.19. The molecular weight excluding hydrogens is 198 g/mol. The van der Waals surface area contributed by atoms with Crippen LogP contribution in [-0.2, 0) is 6.42 Å². The van der Waals surface area contributed by atoms with Crippen LogP contribution in [0.1, 0.15) is 16.5 Å². The quantitative estimate of drug-likeness (QED) is 0.803. The Kier molecular flexibility index (Phi) is 2.41. The number of rotatable bonds is 2. The summed E-state index contributed by atoms with van der Waals surface area (Å²) < 4.78 is 0. The lowest BCUT2D eigenvalue weighted by atomic mass is 10.4. The summed E-state index contributed by atoms with van der Waals surface area (Å²) >= 11 is 1.58. The van der Waals surface area contributed by atoms with E-state index >= 15 is 0 Å². The van der Waals surface area contributed by atoms with Crippen LogP contribution in [0.2, 0.25) is 0 Å². The van der Waals surface area contributed by atoms with E-state index in [1.807, 2.05) is 12.3 Å². The second-order valence-electron chi connectivity index (χ2n) is 2.94. The van der Waals surface area contributed by atoms with Crippen LogP contribution in [0.5, 0.6) is 0 Å². The summed E-state index contributed by atoms with van der Waals surface area (Å²) in [4.78, 5) is 22.0. The zero-order valence-electron chi connectivity index (χ0n) is 7.65. The van der Waals surface area contributed by atoms with Crippen LogP contribution >= 0.6 is 11.3 Å². The normalized spacial score (nSPS) is 10.4. The van der Waals surface area contributed by atoms with Gasteiger partial charge in [0.25, 0.3) is 5.56 Å². The molecule has 0 aliphatic heterocycles. The van der Waals surface area contributed by atoms with Crippen molar-refractivity contribution in [3.05, 3.63) is 44.5 Å². The van der Waals surface area contributed by atoms with E-state index in [-0.39, 0.29) is 5.56 Å². The Hall–Kier alpha value is -1.49. The number of nitrogens with one attached hydrogen (secondary N) is 1. The second kappa shape index (κ2) is 3.71. The highest BCUT2D eigenvalue weighted by atomic mass is 32.1. The van der Waals surface area contributed by atoms with Crippen molar-refractivity contribution in [2.75, 3.05) is 0 Å². The number of aromatic amines is 1. The van der Waals surface area contributed by atoms with Crippen molar-refractivity contribution < 1.29 is 0 Å². The standard InChI is InChI=1S/C9H9N3OS/c1-6-5-14-9(11-6)4-7-10-3-2-8(13)12-7/h2-3,5H,4H2,1H3,(H,10,12,13). The molecule has 0 unspecified atom stereocenters. The van der Waals surface area contributed by atoms with Crippen molar-refractivity contribution in [1.29, 1.82) is 0 Å². The molecule has 0 saturated heterocycles. The van der Waals surface area contributed by atoms with Gasteiger partial charge in [-0.1, -0.05) is 0 Å². The second-order valence-corrected chi connectivity index (χ2v) is 3.88. The number of thiazole rings is 1. The summed E-state index contributed by atoms with van der Waals surface area (Å²) in [6.45, 7) is 1.95. The molecule has 2 rings (SSSR count). The first-order valence-corrected chi connectivity index (χ1v) is 5.07. The Bertz CT molecular complexity index is 489. The molecule has 0 saturated carbocycles. The average Bonchev–Trinajstić information content (AvgIpc) is 2.51. The summed E-state index contributed by atoms with van der Waals surface area (Å²) in [5.74, 6) is 0.659. The summed E-state index contributed by atoms with van der Waals surface area (Å²) in [6.07, 6.45) is 2.10. The SMILES string of the molecule is Cc1csc(Cc2nccc(=O)[nH]2)n1. The van der Waals surface area contributed by atoms with E-state index in [9.17, 15) is 4.79 Å². The van der Waals surface area contributed by atoms with E-state index in [1.54, 1.807) is 11.3 Å². The van der Waals surface area contributed by atoms with Crippen LogP contribution in [0.4, 0.5) is 0 Å². The van der Waals surface area contributed by atoms with Gasteiger partial charge in [-0.05, 0) is 6.92 Å². The van der Waals surface area contributed by atoms with Crippen molar-refractivity contribution in [2.24, 2.45) is 0 Å². The predicted molar refractivity (Wildman–Crippen MR) is 54.5 cm³/mol. The van der Waals surface area contributed by atoms with E-state index in [2.05, 4.69) is 15.0 Å². The molecule has 0 atom stereocenters. The van der Waals surface area contributed by atoms with Gasteiger partial charge in [0.1, 0.15) is 10.8 Å². The molecular formula is C9H9N3OS. The van der Waals surface area contributed by atoms with Crippen molar-refractivity contribution in [3.8, 4) is 0 Å².